The third-order valence-electron chi connectivity index (χ3n) is 3.80. The van der Waals surface area contributed by atoms with E-state index in [0.29, 0.717) is 6.42 Å². The van der Waals surface area contributed by atoms with Crippen LogP contribution >= 0.6 is 0 Å². The number of aliphatic hydroxyl groups is 1. The molecule has 0 aromatic rings. The molecule has 0 unspecified atom stereocenters. The number of amides is 2. The number of hydrogen-bond acceptors (Lipinski definition) is 3. The molecule has 0 spiro atoms. The van der Waals surface area contributed by atoms with Crippen LogP contribution in [0.2, 0.25) is 0 Å². The Kier molecular flexibility index (Phi) is 5.38. The maximum absolute atomic E-state index is 13.8. The van der Waals surface area contributed by atoms with Crippen molar-refractivity contribution < 1.29 is 19.1 Å². The standard InChI is InChI=1S/C16H27FN2O3/c1-7-10-8-11(20)9-19(10)13(21)12(15(2,3)4)18-14(22)16(5,6)17/h7,10-12,20H,1,8-9H2,2-6H3,(H,18,22)/t10-,11-,12-/m1/s1. The number of rotatable bonds is 4. The van der Waals surface area contributed by atoms with Crippen LogP contribution in [0, 0.1) is 5.41 Å². The summed E-state index contributed by atoms with van der Waals surface area (Å²) in [5, 5.41) is 12.3. The van der Waals surface area contributed by atoms with Crippen molar-refractivity contribution in [1.82, 2.24) is 10.2 Å². The van der Waals surface area contributed by atoms with E-state index in [4.69, 9.17) is 0 Å². The van der Waals surface area contributed by atoms with Crippen LogP contribution in [0.1, 0.15) is 41.0 Å². The van der Waals surface area contributed by atoms with E-state index in [-0.39, 0.29) is 18.5 Å². The third kappa shape index (κ3) is 4.29. The van der Waals surface area contributed by atoms with Gasteiger partial charge in [0.05, 0.1) is 12.1 Å². The molecular weight excluding hydrogens is 287 g/mol. The molecule has 0 bridgehead atoms. The zero-order valence-corrected chi connectivity index (χ0v) is 14.0. The van der Waals surface area contributed by atoms with Crippen molar-refractivity contribution in [3.05, 3.63) is 12.7 Å². The van der Waals surface area contributed by atoms with E-state index in [2.05, 4.69) is 11.9 Å². The van der Waals surface area contributed by atoms with Crippen molar-refractivity contribution in [1.29, 1.82) is 0 Å². The van der Waals surface area contributed by atoms with Gasteiger partial charge in [-0.2, -0.15) is 0 Å². The Bertz CT molecular complexity index is 451. The second kappa shape index (κ2) is 6.36. The molecule has 22 heavy (non-hydrogen) atoms. The van der Waals surface area contributed by atoms with Crippen LogP contribution in [0.5, 0.6) is 0 Å². The molecule has 1 aliphatic rings. The summed E-state index contributed by atoms with van der Waals surface area (Å²) in [5.41, 5.74) is -2.65. The topological polar surface area (TPSA) is 69.6 Å². The van der Waals surface area contributed by atoms with E-state index in [1.807, 2.05) is 0 Å². The Labute approximate surface area is 131 Å². The van der Waals surface area contributed by atoms with E-state index in [0.717, 1.165) is 13.8 Å². The molecule has 0 radical (unpaired) electrons. The van der Waals surface area contributed by atoms with Crippen LogP contribution < -0.4 is 5.32 Å². The summed E-state index contributed by atoms with van der Waals surface area (Å²) in [6, 6.07) is -1.15. The van der Waals surface area contributed by atoms with Gasteiger partial charge < -0.3 is 15.3 Å². The van der Waals surface area contributed by atoms with Crippen molar-refractivity contribution in [2.24, 2.45) is 5.41 Å². The second-order valence-corrected chi connectivity index (χ2v) is 7.43. The van der Waals surface area contributed by atoms with Gasteiger partial charge in [0.25, 0.3) is 5.91 Å². The zero-order chi connectivity index (χ0) is 17.3. The molecular formula is C16H27FN2O3. The highest BCUT2D eigenvalue weighted by Gasteiger charge is 2.42. The minimum absolute atomic E-state index is 0.191. The molecule has 1 saturated heterocycles. The van der Waals surface area contributed by atoms with Crippen molar-refractivity contribution in [3.8, 4) is 0 Å². The third-order valence-corrected chi connectivity index (χ3v) is 3.80. The lowest BCUT2D eigenvalue weighted by Crippen LogP contribution is -2.58. The summed E-state index contributed by atoms with van der Waals surface area (Å²) in [6.45, 7) is 11.6. The maximum Gasteiger partial charge on any atom is 0.257 e. The van der Waals surface area contributed by atoms with Gasteiger partial charge in [0.2, 0.25) is 5.91 Å². The number of nitrogens with one attached hydrogen (secondary N) is 1. The highest BCUT2D eigenvalue weighted by Crippen LogP contribution is 2.27. The van der Waals surface area contributed by atoms with Crippen molar-refractivity contribution in [2.45, 2.75) is 64.9 Å². The molecule has 2 amide bonds. The van der Waals surface area contributed by atoms with Crippen molar-refractivity contribution in [3.63, 3.8) is 0 Å². The molecule has 5 nitrogen and oxygen atoms in total. The molecule has 0 aromatic carbocycles. The minimum atomic E-state index is -2.06. The molecule has 1 rings (SSSR count). The van der Waals surface area contributed by atoms with E-state index in [9.17, 15) is 19.1 Å². The average Bonchev–Trinajstić information content (AvgIpc) is 2.73. The number of hydrogen-bond donors (Lipinski definition) is 2. The van der Waals surface area contributed by atoms with Crippen LogP contribution in [0.15, 0.2) is 12.7 Å². The SMILES string of the molecule is C=C[C@@H]1C[C@@H](O)CN1C(=O)[C@@H](NC(=O)C(C)(C)F)C(C)(C)C. The lowest BCUT2D eigenvalue weighted by Gasteiger charge is -2.36. The number of carbonyl (C=O) groups is 2. The smallest absolute Gasteiger partial charge is 0.257 e. The van der Waals surface area contributed by atoms with Gasteiger partial charge in [0, 0.05) is 6.54 Å². The lowest BCUT2D eigenvalue weighted by atomic mass is 9.85. The fourth-order valence-corrected chi connectivity index (χ4v) is 2.44. The fraction of sp³-hybridized carbons (Fsp3) is 0.750. The highest BCUT2D eigenvalue weighted by molar-refractivity contribution is 5.91. The van der Waals surface area contributed by atoms with Crippen LogP contribution in [0.25, 0.3) is 0 Å². The molecule has 0 saturated carbocycles. The van der Waals surface area contributed by atoms with Gasteiger partial charge in [-0.15, -0.1) is 6.58 Å². The van der Waals surface area contributed by atoms with Crippen molar-refractivity contribution in [2.75, 3.05) is 6.54 Å². The zero-order valence-electron chi connectivity index (χ0n) is 14.0. The largest absolute Gasteiger partial charge is 0.391 e. The van der Waals surface area contributed by atoms with Gasteiger partial charge in [-0.05, 0) is 25.7 Å². The predicted molar refractivity (Wildman–Crippen MR) is 82.9 cm³/mol. The van der Waals surface area contributed by atoms with E-state index >= 15 is 0 Å². The molecule has 1 aliphatic heterocycles. The molecule has 0 aromatic heterocycles. The monoisotopic (exact) mass is 314 g/mol. The van der Waals surface area contributed by atoms with E-state index in [1.165, 1.54) is 4.90 Å². The van der Waals surface area contributed by atoms with Gasteiger partial charge in [-0.25, -0.2) is 4.39 Å². The normalized spacial score (nSPS) is 24.0. The number of likely N-dealkylation sites (tertiary alicyclic amines) is 1. The number of nitrogens with zero attached hydrogens (tertiary/aromatic N) is 1. The molecule has 126 valence electrons. The second-order valence-electron chi connectivity index (χ2n) is 7.43. The van der Waals surface area contributed by atoms with E-state index in [1.54, 1.807) is 26.8 Å². The molecule has 6 heteroatoms. The maximum atomic E-state index is 13.8. The first kappa shape index (κ1) is 18.6. The molecule has 0 aliphatic carbocycles. The quantitative estimate of drug-likeness (QED) is 0.771. The number of aliphatic hydroxyl groups excluding tert-OH is 1. The van der Waals surface area contributed by atoms with Crippen LogP contribution in [-0.2, 0) is 9.59 Å². The first-order valence-corrected chi connectivity index (χ1v) is 7.49. The minimum Gasteiger partial charge on any atom is -0.391 e. The number of halogens is 1. The predicted octanol–water partition coefficient (Wildman–Crippen LogP) is 1.41. The van der Waals surface area contributed by atoms with Crippen LogP contribution in [-0.4, -0.2) is 52.2 Å². The average molecular weight is 314 g/mol. The van der Waals surface area contributed by atoms with E-state index < -0.39 is 29.1 Å². The number of carbonyl (C=O) groups excluding carboxylic acids is 2. The lowest BCUT2D eigenvalue weighted by molar-refractivity contribution is -0.142. The number of alkyl halides is 1. The Balaban J connectivity index is 3.00. The number of β-amino-alcohol motifs (C(OH)–C–C–N with tert-alkyl or cyclic N) is 1. The summed E-state index contributed by atoms with van der Waals surface area (Å²) >= 11 is 0. The molecule has 1 heterocycles. The Morgan fingerprint density at radius 3 is 2.32 bits per heavy atom. The van der Waals surface area contributed by atoms with Crippen LogP contribution in [0.3, 0.4) is 0 Å². The van der Waals surface area contributed by atoms with Gasteiger partial charge in [0.1, 0.15) is 6.04 Å². The summed E-state index contributed by atoms with van der Waals surface area (Å²) in [6.07, 6.45) is 1.42. The first-order valence-electron chi connectivity index (χ1n) is 7.49. The highest BCUT2D eigenvalue weighted by atomic mass is 19.1. The Hall–Kier alpha value is -1.43. The molecule has 1 fully saturated rings. The Morgan fingerprint density at radius 1 is 1.36 bits per heavy atom. The van der Waals surface area contributed by atoms with Gasteiger partial charge in [-0.1, -0.05) is 26.8 Å². The Morgan fingerprint density at radius 2 is 1.91 bits per heavy atom. The molecule has 2 N–H and O–H groups in total. The summed E-state index contributed by atoms with van der Waals surface area (Å²) < 4.78 is 13.8. The summed E-state index contributed by atoms with van der Waals surface area (Å²) in [4.78, 5) is 26.2. The summed E-state index contributed by atoms with van der Waals surface area (Å²) in [7, 11) is 0. The summed E-state index contributed by atoms with van der Waals surface area (Å²) in [5.74, 6) is -1.15. The first-order chi connectivity index (χ1) is 9.87. The van der Waals surface area contributed by atoms with Gasteiger partial charge in [-0.3, -0.25) is 9.59 Å². The van der Waals surface area contributed by atoms with Crippen LogP contribution in [0.4, 0.5) is 4.39 Å². The van der Waals surface area contributed by atoms with Gasteiger partial charge >= 0.3 is 0 Å². The van der Waals surface area contributed by atoms with Crippen molar-refractivity contribution >= 4 is 11.8 Å². The molecule has 3 atom stereocenters. The van der Waals surface area contributed by atoms with Gasteiger partial charge in [0.15, 0.2) is 5.67 Å². The fourth-order valence-electron chi connectivity index (χ4n) is 2.44.